The molecular weight excluding hydrogens is 208 g/mol. The first-order chi connectivity index (χ1) is 8.34. The van der Waals surface area contributed by atoms with E-state index in [-0.39, 0.29) is 6.10 Å². The van der Waals surface area contributed by atoms with E-state index in [2.05, 4.69) is 24.3 Å². The van der Waals surface area contributed by atoms with Crippen LogP contribution in [0.1, 0.15) is 68.1 Å². The van der Waals surface area contributed by atoms with Crippen LogP contribution in [-0.4, -0.2) is 5.11 Å². The predicted molar refractivity (Wildman–Crippen MR) is 70.0 cm³/mol. The fourth-order valence-electron chi connectivity index (χ4n) is 3.09. The Hall–Kier alpha value is -0.820. The first-order valence-electron chi connectivity index (χ1n) is 7.12. The van der Waals surface area contributed by atoms with Crippen LogP contribution >= 0.6 is 0 Å². The number of benzene rings is 1. The van der Waals surface area contributed by atoms with Crippen LogP contribution in [0.3, 0.4) is 0 Å². The number of rotatable bonds is 3. The molecule has 92 valence electrons. The number of hydrogen-bond donors (Lipinski definition) is 1. The molecule has 0 bridgehead atoms. The SMILES string of the molecule is OC(c1ccc(C2CCCCC2)cc1)C1CC1. The van der Waals surface area contributed by atoms with Crippen molar-refractivity contribution in [2.24, 2.45) is 5.92 Å². The highest BCUT2D eigenvalue weighted by molar-refractivity contribution is 5.27. The quantitative estimate of drug-likeness (QED) is 0.826. The van der Waals surface area contributed by atoms with E-state index >= 15 is 0 Å². The second kappa shape index (κ2) is 4.81. The summed E-state index contributed by atoms with van der Waals surface area (Å²) < 4.78 is 0. The van der Waals surface area contributed by atoms with Crippen molar-refractivity contribution in [2.75, 3.05) is 0 Å². The van der Waals surface area contributed by atoms with Gasteiger partial charge in [-0.15, -0.1) is 0 Å². The van der Waals surface area contributed by atoms with Gasteiger partial charge in [-0.3, -0.25) is 0 Å². The average Bonchev–Trinajstić information content (AvgIpc) is 3.24. The Morgan fingerprint density at radius 2 is 1.53 bits per heavy atom. The Morgan fingerprint density at radius 1 is 0.882 bits per heavy atom. The van der Waals surface area contributed by atoms with Crippen molar-refractivity contribution in [1.29, 1.82) is 0 Å². The van der Waals surface area contributed by atoms with Crippen molar-refractivity contribution in [2.45, 2.75) is 57.0 Å². The molecule has 0 saturated heterocycles. The van der Waals surface area contributed by atoms with E-state index in [0.29, 0.717) is 5.92 Å². The molecule has 17 heavy (non-hydrogen) atoms. The molecule has 2 aliphatic carbocycles. The molecular formula is C16H22O. The summed E-state index contributed by atoms with van der Waals surface area (Å²) in [6, 6.07) is 8.79. The zero-order valence-electron chi connectivity index (χ0n) is 10.4. The van der Waals surface area contributed by atoms with Gasteiger partial charge in [0.15, 0.2) is 0 Å². The van der Waals surface area contributed by atoms with Gasteiger partial charge < -0.3 is 5.11 Å². The van der Waals surface area contributed by atoms with E-state index in [1.807, 2.05) is 0 Å². The molecule has 2 saturated carbocycles. The van der Waals surface area contributed by atoms with Crippen LogP contribution < -0.4 is 0 Å². The third-order valence-electron chi connectivity index (χ3n) is 4.42. The molecule has 1 N–H and O–H groups in total. The lowest BCUT2D eigenvalue weighted by Gasteiger charge is -2.22. The molecule has 0 radical (unpaired) electrons. The minimum Gasteiger partial charge on any atom is -0.388 e. The lowest BCUT2D eigenvalue weighted by atomic mass is 9.83. The topological polar surface area (TPSA) is 20.2 Å². The number of aliphatic hydroxyl groups is 1. The second-order valence-corrected chi connectivity index (χ2v) is 5.78. The van der Waals surface area contributed by atoms with E-state index in [1.165, 1.54) is 50.5 Å². The van der Waals surface area contributed by atoms with Crippen molar-refractivity contribution in [3.63, 3.8) is 0 Å². The van der Waals surface area contributed by atoms with Gasteiger partial charge in [0, 0.05) is 0 Å². The Kier molecular flexibility index (Phi) is 3.19. The largest absolute Gasteiger partial charge is 0.388 e. The maximum absolute atomic E-state index is 10.1. The minimum absolute atomic E-state index is 0.213. The van der Waals surface area contributed by atoms with Crippen LogP contribution in [0.25, 0.3) is 0 Å². The van der Waals surface area contributed by atoms with Crippen molar-refractivity contribution in [3.8, 4) is 0 Å². The molecule has 1 aromatic carbocycles. The van der Waals surface area contributed by atoms with Crippen molar-refractivity contribution in [3.05, 3.63) is 35.4 Å². The van der Waals surface area contributed by atoms with Gasteiger partial charge in [0.1, 0.15) is 0 Å². The van der Waals surface area contributed by atoms with Gasteiger partial charge in [-0.05, 0) is 48.6 Å². The summed E-state index contributed by atoms with van der Waals surface area (Å²) in [4.78, 5) is 0. The molecule has 1 nitrogen and oxygen atoms in total. The summed E-state index contributed by atoms with van der Waals surface area (Å²) in [6.07, 6.45) is 9.07. The highest BCUT2D eigenvalue weighted by atomic mass is 16.3. The first-order valence-corrected chi connectivity index (χ1v) is 7.12. The van der Waals surface area contributed by atoms with Gasteiger partial charge in [0.2, 0.25) is 0 Å². The van der Waals surface area contributed by atoms with Crippen LogP contribution in [0, 0.1) is 5.92 Å². The Morgan fingerprint density at radius 3 is 2.12 bits per heavy atom. The summed E-state index contributed by atoms with van der Waals surface area (Å²) >= 11 is 0. The fourth-order valence-corrected chi connectivity index (χ4v) is 3.09. The monoisotopic (exact) mass is 230 g/mol. The van der Waals surface area contributed by atoms with Crippen LogP contribution in [0.4, 0.5) is 0 Å². The van der Waals surface area contributed by atoms with Crippen molar-refractivity contribution < 1.29 is 5.11 Å². The maximum Gasteiger partial charge on any atom is 0.0818 e. The van der Waals surface area contributed by atoms with E-state index in [9.17, 15) is 5.11 Å². The summed E-state index contributed by atoms with van der Waals surface area (Å²) in [6.45, 7) is 0. The zero-order valence-corrected chi connectivity index (χ0v) is 10.4. The lowest BCUT2D eigenvalue weighted by Crippen LogP contribution is -2.05. The van der Waals surface area contributed by atoms with E-state index in [0.717, 1.165) is 11.5 Å². The molecule has 0 aromatic heterocycles. The fraction of sp³-hybridized carbons (Fsp3) is 0.625. The van der Waals surface area contributed by atoms with Crippen LogP contribution in [-0.2, 0) is 0 Å². The summed E-state index contributed by atoms with van der Waals surface area (Å²) in [5, 5.41) is 10.1. The number of aliphatic hydroxyl groups excluding tert-OH is 1. The Balaban J connectivity index is 1.70. The normalized spacial score (nSPS) is 23.6. The minimum atomic E-state index is -0.213. The second-order valence-electron chi connectivity index (χ2n) is 5.78. The van der Waals surface area contributed by atoms with Crippen LogP contribution in [0.2, 0.25) is 0 Å². The highest BCUT2D eigenvalue weighted by Crippen LogP contribution is 2.41. The van der Waals surface area contributed by atoms with Gasteiger partial charge in [0.25, 0.3) is 0 Å². The molecule has 3 rings (SSSR count). The van der Waals surface area contributed by atoms with Crippen molar-refractivity contribution >= 4 is 0 Å². The maximum atomic E-state index is 10.1. The third-order valence-corrected chi connectivity index (χ3v) is 4.42. The standard InChI is InChI=1S/C16H22O/c17-16(15-10-11-15)14-8-6-13(7-9-14)12-4-2-1-3-5-12/h6-9,12,15-17H,1-5,10-11H2. The molecule has 0 aliphatic heterocycles. The molecule has 0 spiro atoms. The zero-order chi connectivity index (χ0) is 11.7. The molecule has 1 aromatic rings. The number of hydrogen-bond acceptors (Lipinski definition) is 1. The third kappa shape index (κ3) is 2.55. The molecule has 1 atom stereocenters. The van der Waals surface area contributed by atoms with Gasteiger partial charge >= 0.3 is 0 Å². The lowest BCUT2D eigenvalue weighted by molar-refractivity contribution is 0.154. The molecule has 2 aliphatic rings. The summed E-state index contributed by atoms with van der Waals surface area (Å²) in [7, 11) is 0. The smallest absolute Gasteiger partial charge is 0.0818 e. The van der Waals surface area contributed by atoms with Crippen molar-refractivity contribution in [1.82, 2.24) is 0 Å². The molecule has 0 amide bonds. The summed E-state index contributed by atoms with van der Waals surface area (Å²) in [5.74, 6) is 1.31. The Bertz CT molecular complexity index is 358. The average molecular weight is 230 g/mol. The van der Waals surface area contributed by atoms with E-state index in [4.69, 9.17) is 0 Å². The van der Waals surface area contributed by atoms with E-state index in [1.54, 1.807) is 0 Å². The van der Waals surface area contributed by atoms with Crippen LogP contribution in [0.15, 0.2) is 24.3 Å². The molecule has 1 unspecified atom stereocenters. The van der Waals surface area contributed by atoms with Crippen LogP contribution in [0.5, 0.6) is 0 Å². The molecule has 1 heteroatoms. The van der Waals surface area contributed by atoms with Gasteiger partial charge in [-0.2, -0.15) is 0 Å². The Labute approximate surface area is 104 Å². The molecule has 2 fully saturated rings. The van der Waals surface area contributed by atoms with Gasteiger partial charge in [-0.25, -0.2) is 0 Å². The predicted octanol–water partition coefficient (Wildman–Crippen LogP) is 4.18. The van der Waals surface area contributed by atoms with Gasteiger partial charge in [-0.1, -0.05) is 43.5 Å². The molecule has 0 heterocycles. The van der Waals surface area contributed by atoms with E-state index < -0.39 is 0 Å². The highest BCUT2D eigenvalue weighted by Gasteiger charge is 2.30. The summed E-state index contributed by atoms with van der Waals surface area (Å²) in [5.41, 5.74) is 2.60. The van der Waals surface area contributed by atoms with Gasteiger partial charge in [0.05, 0.1) is 6.10 Å². The first kappa shape index (κ1) is 11.3.